The van der Waals surface area contributed by atoms with Gasteiger partial charge in [-0.1, -0.05) is 44.2 Å². The number of nitrogens with one attached hydrogen (secondary N) is 2. The molecule has 0 aliphatic carbocycles. The molecule has 1 atom stereocenters. The molecular weight excluding hydrogens is 491 g/mol. The lowest BCUT2D eigenvalue weighted by molar-refractivity contribution is -0.133. The number of halogens is 1. The summed E-state index contributed by atoms with van der Waals surface area (Å²) in [6.45, 7) is 9.60. The lowest BCUT2D eigenvalue weighted by Crippen LogP contribution is -2.45. The van der Waals surface area contributed by atoms with Gasteiger partial charge in [-0.3, -0.25) is 9.48 Å². The van der Waals surface area contributed by atoms with Crippen LogP contribution in [0.3, 0.4) is 0 Å². The Balaban J connectivity index is 0.00000320. The summed E-state index contributed by atoms with van der Waals surface area (Å²) in [5.41, 5.74) is 2.29. The van der Waals surface area contributed by atoms with Gasteiger partial charge in [-0.25, -0.2) is 4.99 Å². The number of carbonyl (C=O) groups excluding carboxylic acids is 1. The molecule has 2 heterocycles. The van der Waals surface area contributed by atoms with Crippen molar-refractivity contribution >= 4 is 35.8 Å². The van der Waals surface area contributed by atoms with Crippen molar-refractivity contribution in [2.24, 2.45) is 10.9 Å². The van der Waals surface area contributed by atoms with E-state index in [4.69, 9.17) is 4.99 Å². The molecule has 0 radical (unpaired) electrons. The third-order valence-electron chi connectivity index (χ3n) is 4.97. The summed E-state index contributed by atoms with van der Waals surface area (Å²) >= 11 is 0. The van der Waals surface area contributed by atoms with Gasteiger partial charge >= 0.3 is 0 Å². The number of rotatable bonds is 7. The van der Waals surface area contributed by atoms with Gasteiger partial charge in [-0.2, -0.15) is 5.10 Å². The first-order chi connectivity index (χ1) is 14.0. The second-order valence-electron chi connectivity index (χ2n) is 7.80. The van der Waals surface area contributed by atoms with E-state index in [2.05, 4.69) is 34.8 Å². The molecule has 1 aliphatic rings. The van der Waals surface area contributed by atoms with Crippen molar-refractivity contribution in [1.82, 2.24) is 25.3 Å². The van der Waals surface area contributed by atoms with Crippen LogP contribution in [0.2, 0.25) is 0 Å². The third kappa shape index (κ3) is 7.00. The molecule has 7 nitrogen and oxygen atoms in total. The molecule has 8 heteroatoms. The fourth-order valence-corrected chi connectivity index (χ4v) is 3.47. The van der Waals surface area contributed by atoms with Crippen LogP contribution in [-0.2, 0) is 17.9 Å². The summed E-state index contributed by atoms with van der Waals surface area (Å²) < 4.78 is 1.94. The zero-order valence-electron chi connectivity index (χ0n) is 18.0. The first-order valence-corrected chi connectivity index (χ1v) is 10.4. The van der Waals surface area contributed by atoms with Crippen molar-refractivity contribution < 1.29 is 4.79 Å². The highest BCUT2D eigenvalue weighted by molar-refractivity contribution is 14.0. The Hall–Kier alpha value is -2.10. The zero-order valence-corrected chi connectivity index (χ0v) is 20.4. The summed E-state index contributed by atoms with van der Waals surface area (Å²) in [5, 5.41) is 11.2. The number of amides is 1. The average Bonchev–Trinajstić information content (AvgIpc) is 3.36. The Morgan fingerprint density at radius 3 is 2.73 bits per heavy atom. The molecule has 0 spiro atoms. The predicted octanol–water partition coefficient (Wildman–Crippen LogP) is 2.86. The van der Waals surface area contributed by atoms with Crippen molar-refractivity contribution in [3.63, 3.8) is 0 Å². The predicted molar refractivity (Wildman–Crippen MR) is 131 cm³/mol. The molecule has 1 unspecified atom stereocenters. The van der Waals surface area contributed by atoms with Crippen LogP contribution in [0.4, 0.5) is 0 Å². The number of aliphatic imine (C=N–C) groups is 1. The molecule has 1 aromatic carbocycles. The first-order valence-electron chi connectivity index (χ1n) is 10.4. The van der Waals surface area contributed by atoms with Crippen molar-refractivity contribution in [3.8, 4) is 0 Å². The van der Waals surface area contributed by atoms with Gasteiger partial charge in [0.25, 0.3) is 0 Å². The Labute approximate surface area is 196 Å². The van der Waals surface area contributed by atoms with Gasteiger partial charge in [0.2, 0.25) is 5.91 Å². The number of hydrogen-bond acceptors (Lipinski definition) is 3. The quantitative estimate of drug-likeness (QED) is 0.332. The lowest BCUT2D eigenvalue weighted by Gasteiger charge is -2.20. The number of guanidine groups is 1. The summed E-state index contributed by atoms with van der Waals surface area (Å²) in [7, 11) is 0. The summed E-state index contributed by atoms with van der Waals surface area (Å²) in [5.74, 6) is 1.05. The largest absolute Gasteiger partial charge is 0.357 e. The van der Waals surface area contributed by atoms with E-state index < -0.39 is 0 Å². The Bertz CT molecular complexity index is 820. The van der Waals surface area contributed by atoms with E-state index in [1.165, 1.54) is 5.56 Å². The van der Waals surface area contributed by atoms with Gasteiger partial charge in [0.1, 0.15) is 0 Å². The van der Waals surface area contributed by atoms with E-state index in [-0.39, 0.29) is 41.8 Å². The van der Waals surface area contributed by atoms with Crippen LogP contribution in [0, 0.1) is 5.92 Å². The lowest BCUT2D eigenvalue weighted by atomic mass is 10.2. The minimum absolute atomic E-state index is 0. The van der Waals surface area contributed by atoms with Crippen LogP contribution >= 0.6 is 24.0 Å². The smallest absolute Gasteiger partial charge is 0.225 e. The zero-order chi connectivity index (χ0) is 20.6. The number of aromatic nitrogens is 2. The van der Waals surface area contributed by atoms with Gasteiger partial charge in [0, 0.05) is 43.4 Å². The van der Waals surface area contributed by atoms with Crippen molar-refractivity contribution in [1.29, 1.82) is 0 Å². The molecule has 0 bridgehead atoms. The maximum Gasteiger partial charge on any atom is 0.225 e. The molecule has 1 fully saturated rings. The average molecular weight is 524 g/mol. The minimum Gasteiger partial charge on any atom is -0.357 e. The Morgan fingerprint density at radius 2 is 2.03 bits per heavy atom. The minimum atomic E-state index is 0. The topological polar surface area (TPSA) is 74.6 Å². The van der Waals surface area contributed by atoms with Crippen LogP contribution < -0.4 is 10.6 Å². The SMILES string of the molecule is CCNC(=NCc1cnn(Cc2ccccc2)c1)NC1CCN(C(=O)C(C)C)C1.I. The standard InChI is InChI=1S/C22H32N6O.HI/c1-4-23-22(26-20-10-11-27(16-20)21(29)17(2)3)24-12-19-13-25-28(15-19)14-18-8-6-5-7-9-18;/h5-9,13,15,17,20H,4,10-12,14,16H2,1-3H3,(H2,23,24,26);1H. The highest BCUT2D eigenvalue weighted by Gasteiger charge is 2.27. The molecule has 1 aromatic heterocycles. The first kappa shape index (κ1) is 24.2. The third-order valence-corrected chi connectivity index (χ3v) is 4.97. The van der Waals surface area contributed by atoms with Gasteiger partial charge < -0.3 is 15.5 Å². The molecule has 2 aromatic rings. The number of carbonyl (C=O) groups is 1. The fraction of sp³-hybridized carbons (Fsp3) is 0.500. The van der Waals surface area contributed by atoms with E-state index in [9.17, 15) is 4.79 Å². The molecule has 2 N–H and O–H groups in total. The number of likely N-dealkylation sites (tertiary alicyclic amines) is 1. The Morgan fingerprint density at radius 1 is 1.27 bits per heavy atom. The van der Waals surface area contributed by atoms with Gasteiger partial charge in [0.15, 0.2) is 5.96 Å². The second kappa shape index (κ2) is 11.9. The molecule has 164 valence electrons. The van der Waals surface area contributed by atoms with Crippen LogP contribution in [0.25, 0.3) is 0 Å². The number of hydrogen-bond donors (Lipinski definition) is 2. The summed E-state index contributed by atoms with van der Waals surface area (Å²) in [6.07, 6.45) is 4.85. The molecule has 0 saturated carbocycles. The maximum atomic E-state index is 12.2. The molecule has 1 amide bonds. The van der Waals surface area contributed by atoms with Crippen LogP contribution in [0.1, 0.15) is 38.3 Å². The maximum absolute atomic E-state index is 12.2. The van der Waals surface area contributed by atoms with Crippen LogP contribution in [0.5, 0.6) is 0 Å². The Kier molecular flexibility index (Phi) is 9.61. The van der Waals surface area contributed by atoms with Crippen molar-refractivity contribution in [3.05, 3.63) is 53.9 Å². The van der Waals surface area contributed by atoms with E-state index >= 15 is 0 Å². The van der Waals surface area contributed by atoms with Crippen LogP contribution in [-0.4, -0.2) is 52.2 Å². The van der Waals surface area contributed by atoms with E-state index in [0.717, 1.165) is 44.1 Å². The molecule has 30 heavy (non-hydrogen) atoms. The van der Waals surface area contributed by atoms with E-state index in [1.807, 2.05) is 54.0 Å². The highest BCUT2D eigenvalue weighted by atomic mass is 127. The van der Waals surface area contributed by atoms with Gasteiger partial charge in [-0.05, 0) is 18.9 Å². The van der Waals surface area contributed by atoms with Crippen LogP contribution in [0.15, 0.2) is 47.7 Å². The number of benzene rings is 1. The molecule has 3 rings (SSSR count). The van der Waals surface area contributed by atoms with E-state index in [0.29, 0.717) is 6.54 Å². The van der Waals surface area contributed by atoms with E-state index in [1.54, 1.807) is 0 Å². The van der Waals surface area contributed by atoms with Crippen molar-refractivity contribution in [2.45, 2.75) is 46.3 Å². The molecule has 1 aliphatic heterocycles. The fourth-order valence-electron chi connectivity index (χ4n) is 3.47. The normalized spacial score (nSPS) is 16.5. The summed E-state index contributed by atoms with van der Waals surface area (Å²) in [4.78, 5) is 18.8. The second-order valence-corrected chi connectivity index (χ2v) is 7.80. The highest BCUT2D eigenvalue weighted by Crippen LogP contribution is 2.13. The van der Waals surface area contributed by atoms with Gasteiger partial charge in [-0.15, -0.1) is 24.0 Å². The monoisotopic (exact) mass is 524 g/mol. The summed E-state index contributed by atoms with van der Waals surface area (Å²) in [6, 6.07) is 10.5. The van der Waals surface area contributed by atoms with Crippen molar-refractivity contribution in [2.75, 3.05) is 19.6 Å². The van der Waals surface area contributed by atoms with Gasteiger partial charge in [0.05, 0.1) is 19.3 Å². The molecular formula is C22H33IN6O. The molecule has 1 saturated heterocycles. The number of nitrogens with zero attached hydrogens (tertiary/aromatic N) is 4.